The Morgan fingerprint density at radius 1 is 1.19 bits per heavy atom. The third-order valence-corrected chi connectivity index (χ3v) is 2.92. The topological polar surface area (TPSA) is 30.2 Å². The summed E-state index contributed by atoms with van der Waals surface area (Å²) in [5.74, 6) is 1.44. The first-order valence-electron chi connectivity index (χ1n) is 4.95. The van der Waals surface area contributed by atoms with Gasteiger partial charge in [0.15, 0.2) is 5.78 Å². The van der Waals surface area contributed by atoms with Gasteiger partial charge in [0, 0.05) is 10.0 Å². The van der Waals surface area contributed by atoms with Crippen LogP contribution >= 0.6 is 15.9 Å². The Bertz CT molecular complexity index is 523. The number of furan rings is 1. The number of rotatable bonds is 2. The molecule has 16 heavy (non-hydrogen) atoms. The highest BCUT2D eigenvalue weighted by atomic mass is 79.9. The molecule has 82 valence electrons. The Kier molecular flexibility index (Phi) is 2.97. The molecular weight excluding hydrogens is 268 g/mol. The fourth-order valence-corrected chi connectivity index (χ4v) is 1.88. The van der Waals surface area contributed by atoms with Gasteiger partial charge < -0.3 is 4.42 Å². The van der Waals surface area contributed by atoms with Crippen molar-refractivity contribution in [2.24, 2.45) is 0 Å². The van der Waals surface area contributed by atoms with E-state index in [9.17, 15) is 4.79 Å². The molecule has 1 aromatic heterocycles. The monoisotopic (exact) mass is 278 g/mol. The lowest BCUT2D eigenvalue weighted by molar-refractivity contribution is 0.103. The summed E-state index contributed by atoms with van der Waals surface area (Å²) in [6.07, 6.45) is 0. The molecule has 2 rings (SSSR count). The third-order valence-electron chi connectivity index (χ3n) is 2.39. The van der Waals surface area contributed by atoms with Crippen molar-refractivity contribution in [3.05, 3.63) is 57.5 Å². The molecule has 2 aromatic rings. The van der Waals surface area contributed by atoms with Crippen LogP contribution in [0.15, 0.2) is 39.2 Å². The van der Waals surface area contributed by atoms with Gasteiger partial charge in [-0.05, 0) is 44.2 Å². The van der Waals surface area contributed by atoms with E-state index in [-0.39, 0.29) is 5.78 Å². The molecule has 0 saturated heterocycles. The highest BCUT2D eigenvalue weighted by Crippen LogP contribution is 2.19. The number of hydrogen-bond acceptors (Lipinski definition) is 2. The first kappa shape index (κ1) is 11.1. The quantitative estimate of drug-likeness (QED) is 0.781. The molecule has 0 saturated carbocycles. The summed E-state index contributed by atoms with van der Waals surface area (Å²) >= 11 is 3.34. The number of benzene rings is 1. The zero-order valence-corrected chi connectivity index (χ0v) is 10.7. The summed E-state index contributed by atoms with van der Waals surface area (Å²) < 4.78 is 6.31. The summed E-state index contributed by atoms with van der Waals surface area (Å²) in [7, 11) is 0. The molecule has 1 heterocycles. The van der Waals surface area contributed by atoms with E-state index in [2.05, 4.69) is 15.9 Å². The maximum Gasteiger partial charge on any atom is 0.196 e. The zero-order chi connectivity index (χ0) is 11.7. The second-order valence-corrected chi connectivity index (χ2v) is 4.58. The van der Waals surface area contributed by atoms with Gasteiger partial charge in [0.25, 0.3) is 0 Å². The molecule has 0 bridgehead atoms. The molecule has 0 atom stereocenters. The largest absolute Gasteiger partial charge is 0.466 e. The van der Waals surface area contributed by atoms with E-state index in [0.29, 0.717) is 16.9 Å². The fourth-order valence-electron chi connectivity index (χ4n) is 1.61. The zero-order valence-electron chi connectivity index (χ0n) is 9.08. The minimum absolute atomic E-state index is 0.00171. The first-order valence-corrected chi connectivity index (χ1v) is 5.74. The molecular formula is C13H11BrO2. The van der Waals surface area contributed by atoms with Crippen LogP contribution in [0, 0.1) is 13.8 Å². The van der Waals surface area contributed by atoms with Crippen molar-refractivity contribution in [2.45, 2.75) is 13.8 Å². The van der Waals surface area contributed by atoms with Crippen LogP contribution in [-0.2, 0) is 0 Å². The van der Waals surface area contributed by atoms with Gasteiger partial charge >= 0.3 is 0 Å². The lowest BCUT2D eigenvalue weighted by Crippen LogP contribution is -2.00. The van der Waals surface area contributed by atoms with E-state index in [1.54, 1.807) is 25.1 Å². The van der Waals surface area contributed by atoms with Gasteiger partial charge in [-0.2, -0.15) is 0 Å². The van der Waals surface area contributed by atoms with Crippen LogP contribution in [0.2, 0.25) is 0 Å². The molecule has 0 aliphatic carbocycles. The summed E-state index contributed by atoms with van der Waals surface area (Å²) in [5.41, 5.74) is 1.31. The molecule has 0 unspecified atom stereocenters. The summed E-state index contributed by atoms with van der Waals surface area (Å²) in [5, 5.41) is 0. The minimum atomic E-state index is 0.00171. The maximum absolute atomic E-state index is 12.1. The average Bonchev–Trinajstić information content (AvgIpc) is 2.58. The van der Waals surface area contributed by atoms with Crippen LogP contribution in [0.1, 0.15) is 27.4 Å². The van der Waals surface area contributed by atoms with Gasteiger partial charge in [-0.1, -0.05) is 15.9 Å². The van der Waals surface area contributed by atoms with Crippen LogP contribution in [0.25, 0.3) is 0 Å². The van der Waals surface area contributed by atoms with Gasteiger partial charge in [-0.15, -0.1) is 0 Å². The second kappa shape index (κ2) is 4.26. The summed E-state index contributed by atoms with van der Waals surface area (Å²) in [6, 6.07) is 9.09. The van der Waals surface area contributed by atoms with Crippen LogP contribution in [-0.4, -0.2) is 5.78 Å². The van der Waals surface area contributed by atoms with Crippen LogP contribution in [0.3, 0.4) is 0 Å². The van der Waals surface area contributed by atoms with Crippen molar-refractivity contribution < 1.29 is 9.21 Å². The number of carbonyl (C=O) groups excluding carboxylic acids is 1. The lowest BCUT2D eigenvalue weighted by atomic mass is 10.0. The number of hydrogen-bond donors (Lipinski definition) is 0. The molecule has 0 amide bonds. The van der Waals surface area contributed by atoms with Crippen molar-refractivity contribution in [1.29, 1.82) is 0 Å². The van der Waals surface area contributed by atoms with E-state index < -0.39 is 0 Å². The molecule has 3 heteroatoms. The van der Waals surface area contributed by atoms with Gasteiger partial charge in [-0.25, -0.2) is 0 Å². The average molecular weight is 279 g/mol. The van der Waals surface area contributed by atoms with Crippen molar-refractivity contribution in [3.8, 4) is 0 Å². The Labute approximate surface area is 102 Å². The molecule has 0 aliphatic rings. The number of ketones is 1. The lowest BCUT2D eigenvalue weighted by Gasteiger charge is -1.99. The minimum Gasteiger partial charge on any atom is -0.466 e. The normalized spacial score (nSPS) is 10.4. The van der Waals surface area contributed by atoms with E-state index in [1.807, 2.05) is 19.1 Å². The second-order valence-electron chi connectivity index (χ2n) is 3.66. The molecule has 1 aromatic carbocycles. The fraction of sp³-hybridized carbons (Fsp3) is 0.154. The summed E-state index contributed by atoms with van der Waals surface area (Å²) in [4.78, 5) is 12.1. The standard InChI is InChI=1S/C13H11BrO2/c1-8-7-12(9(2)16-8)13(15)10-3-5-11(14)6-4-10/h3-7H,1-2H3. The molecule has 2 nitrogen and oxygen atoms in total. The van der Waals surface area contributed by atoms with E-state index in [0.717, 1.165) is 10.2 Å². The highest BCUT2D eigenvalue weighted by molar-refractivity contribution is 9.10. The molecule has 0 fully saturated rings. The van der Waals surface area contributed by atoms with Gasteiger partial charge in [-0.3, -0.25) is 4.79 Å². The predicted molar refractivity (Wildman–Crippen MR) is 65.8 cm³/mol. The molecule has 0 aliphatic heterocycles. The van der Waals surface area contributed by atoms with Crippen molar-refractivity contribution in [2.75, 3.05) is 0 Å². The highest BCUT2D eigenvalue weighted by Gasteiger charge is 2.15. The Balaban J connectivity index is 2.39. The van der Waals surface area contributed by atoms with Crippen molar-refractivity contribution >= 4 is 21.7 Å². The SMILES string of the molecule is Cc1cc(C(=O)c2ccc(Br)cc2)c(C)o1. The summed E-state index contributed by atoms with van der Waals surface area (Å²) in [6.45, 7) is 3.64. The van der Waals surface area contributed by atoms with Crippen LogP contribution in [0.4, 0.5) is 0 Å². The molecule has 0 radical (unpaired) electrons. The van der Waals surface area contributed by atoms with Crippen molar-refractivity contribution in [3.63, 3.8) is 0 Å². The number of aryl methyl sites for hydroxylation is 2. The number of halogens is 1. The van der Waals surface area contributed by atoms with Gasteiger partial charge in [0.05, 0.1) is 5.56 Å². The van der Waals surface area contributed by atoms with Crippen LogP contribution < -0.4 is 0 Å². The Morgan fingerprint density at radius 2 is 1.81 bits per heavy atom. The molecule has 0 N–H and O–H groups in total. The Hall–Kier alpha value is -1.35. The predicted octanol–water partition coefficient (Wildman–Crippen LogP) is 3.89. The van der Waals surface area contributed by atoms with Crippen molar-refractivity contribution in [1.82, 2.24) is 0 Å². The molecule has 0 spiro atoms. The van der Waals surface area contributed by atoms with E-state index in [4.69, 9.17) is 4.42 Å². The third kappa shape index (κ3) is 2.09. The first-order chi connectivity index (χ1) is 7.58. The smallest absolute Gasteiger partial charge is 0.196 e. The number of carbonyl (C=O) groups is 1. The Morgan fingerprint density at radius 3 is 2.31 bits per heavy atom. The maximum atomic E-state index is 12.1. The van der Waals surface area contributed by atoms with E-state index >= 15 is 0 Å². The van der Waals surface area contributed by atoms with Gasteiger partial charge in [0.1, 0.15) is 11.5 Å². The van der Waals surface area contributed by atoms with Gasteiger partial charge in [0.2, 0.25) is 0 Å². The van der Waals surface area contributed by atoms with Crippen LogP contribution in [0.5, 0.6) is 0 Å². The van der Waals surface area contributed by atoms with E-state index in [1.165, 1.54) is 0 Å².